The number of primary sulfonamides is 1. The summed E-state index contributed by atoms with van der Waals surface area (Å²) in [6.07, 6.45) is 0.127. The van der Waals surface area contributed by atoms with Crippen molar-refractivity contribution < 1.29 is 36.0 Å². The summed E-state index contributed by atoms with van der Waals surface area (Å²) < 4.78 is 80.2. The second-order valence-electron chi connectivity index (χ2n) is 8.74. The first kappa shape index (κ1) is 24.9. The topological polar surface area (TPSA) is 133 Å². The molecule has 14 heteroatoms. The summed E-state index contributed by atoms with van der Waals surface area (Å²) in [5, 5.41) is 17.5. The third kappa shape index (κ3) is 5.27. The molecule has 3 N–H and O–H groups in total. The highest BCUT2D eigenvalue weighted by molar-refractivity contribution is 7.89. The lowest BCUT2D eigenvalue weighted by atomic mass is 9.88. The molecule has 1 fully saturated rings. The summed E-state index contributed by atoms with van der Waals surface area (Å²) in [5.74, 6) is -7.36. The lowest BCUT2D eigenvalue weighted by Gasteiger charge is -2.24. The Morgan fingerprint density at radius 2 is 2.00 bits per heavy atom. The summed E-state index contributed by atoms with van der Waals surface area (Å²) >= 11 is 0. The molecular formula is C19H23F4N5O4S. The highest BCUT2D eigenvalue weighted by Gasteiger charge is 2.47. The van der Waals surface area contributed by atoms with Gasteiger partial charge in [-0.3, -0.25) is 9.48 Å². The van der Waals surface area contributed by atoms with E-state index in [1.807, 2.05) is 0 Å². The van der Waals surface area contributed by atoms with E-state index in [9.17, 15) is 36.0 Å². The highest BCUT2D eigenvalue weighted by atomic mass is 32.2. The SMILES string of the molecule is Cc1c(C(C)(F)F)nn(CC2(C)CCC(F)(F)C2)c1C(=O)N=c1ccn(O)c(S(N)(=O)=O)c1. The van der Waals surface area contributed by atoms with E-state index in [-0.39, 0.29) is 40.7 Å². The van der Waals surface area contributed by atoms with Gasteiger partial charge in [0, 0.05) is 44.1 Å². The molecule has 1 aliphatic rings. The molecule has 2 heterocycles. The van der Waals surface area contributed by atoms with Gasteiger partial charge in [0.2, 0.25) is 5.92 Å². The zero-order valence-electron chi connectivity index (χ0n) is 18.0. The van der Waals surface area contributed by atoms with E-state index in [4.69, 9.17) is 5.14 Å². The molecule has 1 saturated carbocycles. The minimum Gasteiger partial charge on any atom is -0.428 e. The van der Waals surface area contributed by atoms with E-state index >= 15 is 0 Å². The number of amides is 1. The van der Waals surface area contributed by atoms with Crippen LogP contribution >= 0.6 is 0 Å². The summed E-state index contributed by atoms with van der Waals surface area (Å²) in [4.78, 5) is 16.7. The number of alkyl halides is 4. The molecule has 0 bridgehead atoms. The van der Waals surface area contributed by atoms with Gasteiger partial charge >= 0.3 is 0 Å². The molecule has 182 valence electrons. The first-order valence-corrected chi connectivity index (χ1v) is 11.3. The fraction of sp³-hybridized carbons (Fsp3) is 0.526. The third-order valence-corrected chi connectivity index (χ3v) is 6.41. The van der Waals surface area contributed by atoms with E-state index in [0.717, 1.165) is 23.0 Å². The van der Waals surface area contributed by atoms with E-state index in [1.54, 1.807) is 6.92 Å². The average Bonchev–Trinajstić information content (AvgIpc) is 3.10. The first-order chi connectivity index (χ1) is 14.9. The van der Waals surface area contributed by atoms with Crippen molar-refractivity contribution in [2.24, 2.45) is 15.5 Å². The van der Waals surface area contributed by atoms with Crippen LogP contribution in [0.3, 0.4) is 0 Å². The second-order valence-corrected chi connectivity index (χ2v) is 10.2. The lowest BCUT2D eigenvalue weighted by molar-refractivity contribution is -0.00489. The van der Waals surface area contributed by atoms with Gasteiger partial charge in [-0.05, 0) is 24.8 Å². The Hall–Kier alpha value is -2.74. The molecule has 1 amide bonds. The smallest absolute Gasteiger partial charge is 0.296 e. The van der Waals surface area contributed by atoms with E-state index in [0.29, 0.717) is 6.92 Å². The first-order valence-electron chi connectivity index (χ1n) is 9.79. The fourth-order valence-electron chi connectivity index (χ4n) is 4.05. The number of sulfonamides is 1. The van der Waals surface area contributed by atoms with Crippen LogP contribution in [0, 0.1) is 12.3 Å². The number of rotatable bonds is 5. The molecule has 1 atom stereocenters. The zero-order chi connectivity index (χ0) is 25.0. The Bertz CT molecular complexity index is 1280. The van der Waals surface area contributed by atoms with Gasteiger partial charge in [-0.25, -0.2) is 27.3 Å². The Morgan fingerprint density at radius 1 is 1.36 bits per heavy atom. The largest absolute Gasteiger partial charge is 0.428 e. The van der Waals surface area contributed by atoms with Crippen molar-refractivity contribution in [2.45, 2.75) is 63.4 Å². The van der Waals surface area contributed by atoms with Crippen LogP contribution in [-0.2, 0) is 22.5 Å². The van der Waals surface area contributed by atoms with Crippen LogP contribution in [0.25, 0.3) is 0 Å². The molecule has 0 aromatic carbocycles. The van der Waals surface area contributed by atoms with Gasteiger partial charge < -0.3 is 5.21 Å². The number of nitrogens with zero attached hydrogens (tertiary/aromatic N) is 4. The number of hydrogen-bond donors (Lipinski definition) is 2. The molecule has 0 saturated heterocycles. The quantitative estimate of drug-likeness (QED) is 0.488. The Morgan fingerprint density at radius 3 is 2.52 bits per heavy atom. The van der Waals surface area contributed by atoms with Crippen molar-refractivity contribution in [3.63, 3.8) is 0 Å². The number of carbonyl (C=O) groups excluding carboxylic acids is 1. The van der Waals surface area contributed by atoms with Crippen molar-refractivity contribution in [1.29, 1.82) is 0 Å². The molecule has 0 aliphatic heterocycles. The van der Waals surface area contributed by atoms with Crippen LogP contribution in [0.2, 0.25) is 0 Å². The van der Waals surface area contributed by atoms with Crippen LogP contribution < -0.4 is 10.5 Å². The summed E-state index contributed by atoms with van der Waals surface area (Å²) in [6.45, 7) is 3.19. The maximum atomic E-state index is 14.1. The zero-order valence-corrected chi connectivity index (χ0v) is 18.8. The molecule has 2 aromatic heterocycles. The van der Waals surface area contributed by atoms with Crippen LogP contribution in [0.5, 0.6) is 0 Å². The van der Waals surface area contributed by atoms with Gasteiger partial charge in [-0.15, -0.1) is 0 Å². The van der Waals surface area contributed by atoms with Crippen LogP contribution in [0.15, 0.2) is 28.3 Å². The maximum Gasteiger partial charge on any atom is 0.296 e. The van der Waals surface area contributed by atoms with Gasteiger partial charge in [0.15, 0.2) is 5.03 Å². The summed E-state index contributed by atoms with van der Waals surface area (Å²) in [6, 6.07) is 1.91. The number of pyridine rings is 1. The van der Waals surface area contributed by atoms with Gasteiger partial charge in [0.25, 0.3) is 21.9 Å². The van der Waals surface area contributed by atoms with E-state index in [2.05, 4.69) is 10.1 Å². The molecule has 2 aromatic rings. The Kier molecular flexibility index (Phi) is 5.99. The van der Waals surface area contributed by atoms with Crippen LogP contribution in [-0.4, -0.2) is 40.0 Å². The lowest BCUT2D eigenvalue weighted by Crippen LogP contribution is -2.26. The number of carbonyl (C=O) groups is 1. The molecule has 3 rings (SSSR count). The monoisotopic (exact) mass is 493 g/mol. The number of hydrogen-bond acceptors (Lipinski definition) is 5. The molecular weight excluding hydrogens is 470 g/mol. The van der Waals surface area contributed by atoms with E-state index < -0.39 is 50.3 Å². The highest BCUT2D eigenvalue weighted by Crippen LogP contribution is 2.48. The fourth-order valence-corrected chi connectivity index (χ4v) is 4.66. The maximum absolute atomic E-state index is 14.1. The Labute approximate surface area is 186 Å². The molecule has 1 unspecified atom stereocenters. The van der Waals surface area contributed by atoms with Gasteiger partial charge in [-0.2, -0.15) is 18.6 Å². The number of aromatic nitrogens is 3. The average molecular weight is 493 g/mol. The molecule has 33 heavy (non-hydrogen) atoms. The minimum absolute atomic E-state index is 0.106. The molecule has 0 spiro atoms. The summed E-state index contributed by atoms with van der Waals surface area (Å²) in [5.41, 5.74) is -2.20. The van der Waals surface area contributed by atoms with Crippen LogP contribution in [0.4, 0.5) is 17.6 Å². The summed E-state index contributed by atoms with van der Waals surface area (Å²) in [7, 11) is -4.37. The predicted molar refractivity (Wildman–Crippen MR) is 106 cm³/mol. The van der Waals surface area contributed by atoms with Crippen molar-refractivity contribution in [1.82, 2.24) is 14.5 Å². The van der Waals surface area contributed by atoms with Crippen molar-refractivity contribution in [2.75, 3.05) is 0 Å². The Balaban J connectivity index is 2.11. The van der Waals surface area contributed by atoms with Crippen molar-refractivity contribution in [3.05, 3.63) is 40.6 Å². The van der Waals surface area contributed by atoms with Gasteiger partial charge in [-0.1, -0.05) is 6.92 Å². The van der Waals surface area contributed by atoms with E-state index in [1.165, 1.54) is 6.92 Å². The minimum atomic E-state index is -4.37. The van der Waals surface area contributed by atoms with Crippen molar-refractivity contribution in [3.8, 4) is 0 Å². The van der Waals surface area contributed by atoms with Crippen molar-refractivity contribution >= 4 is 15.9 Å². The number of halogens is 4. The standard InChI is InChI=1S/C19H23F4N5O4S/c1-11-14(16(29)25-12-4-7-28(30)13(8-12)33(24,31)32)27(26-15(11)18(3,20)21)10-17(2)5-6-19(22,23)9-17/h4,7-8,30H,5-6,9-10H2,1-3H3,(H2,24,31,32). The van der Waals surface area contributed by atoms with Gasteiger partial charge in [0.1, 0.15) is 11.4 Å². The molecule has 0 radical (unpaired) electrons. The second kappa shape index (κ2) is 7.94. The molecule has 9 nitrogen and oxygen atoms in total. The van der Waals surface area contributed by atoms with Gasteiger partial charge in [0.05, 0.1) is 5.36 Å². The number of nitrogens with two attached hydrogens (primary N) is 1. The van der Waals surface area contributed by atoms with Crippen LogP contribution in [0.1, 0.15) is 54.9 Å². The predicted octanol–water partition coefficient (Wildman–Crippen LogP) is 2.56. The normalized spacial score (nSPS) is 21.5. The third-order valence-electron chi connectivity index (χ3n) is 5.52. The molecule has 1 aliphatic carbocycles.